The van der Waals surface area contributed by atoms with Crippen LogP contribution in [0.5, 0.6) is 0 Å². The Bertz CT molecular complexity index is 792. The molecule has 2 bridgehead atoms. The molecule has 3 heterocycles. The van der Waals surface area contributed by atoms with E-state index < -0.39 is 39.0 Å². The zero-order valence-corrected chi connectivity index (χ0v) is 21.0. The molecule has 1 spiro atoms. The van der Waals surface area contributed by atoms with Crippen LogP contribution in [0.4, 0.5) is 0 Å². The first-order valence-corrected chi connectivity index (χ1v) is 12.5. The van der Waals surface area contributed by atoms with Crippen LogP contribution in [0.25, 0.3) is 0 Å². The fourth-order valence-electron chi connectivity index (χ4n) is 6.01. The Labute approximate surface area is 195 Å². The highest BCUT2D eigenvalue weighted by Gasteiger charge is 2.78. The Kier molecular flexibility index (Phi) is 6.80. The summed E-state index contributed by atoms with van der Waals surface area (Å²) in [6, 6.07) is -1.21. The second kappa shape index (κ2) is 8.67. The van der Waals surface area contributed by atoms with Gasteiger partial charge < -0.3 is 19.6 Å². The molecule has 2 amide bonds. The molecule has 0 aromatic rings. The molecule has 0 aromatic heterocycles. The highest BCUT2D eigenvalue weighted by atomic mass is 32.2. The van der Waals surface area contributed by atoms with Crippen LogP contribution in [0.15, 0.2) is 12.7 Å². The van der Waals surface area contributed by atoms with E-state index in [4.69, 9.17) is 4.74 Å². The highest BCUT2D eigenvalue weighted by Crippen LogP contribution is 2.71. The Balaban J connectivity index is 2.16. The molecule has 3 rings (SSSR count). The molecule has 7 nitrogen and oxygen atoms in total. The minimum atomic E-state index is -0.734. The molecule has 3 aliphatic heterocycles. The molecule has 2 unspecified atom stereocenters. The van der Waals surface area contributed by atoms with Gasteiger partial charge >= 0.3 is 5.97 Å². The van der Waals surface area contributed by atoms with Gasteiger partial charge in [0.05, 0.1) is 35.8 Å². The van der Waals surface area contributed by atoms with Crippen LogP contribution in [0, 0.1) is 11.8 Å². The predicted molar refractivity (Wildman–Crippen MR) is 125 cm³/mol. The Hall–Kier alpha value is -1.54. The lowest BCUT2D eigenvalue weighted by Gasteiger charge is -2.43. The van der Waals surface area contributed by atoms with Crippen molar-refractivity contribution in [2.24, 2.45) is 11.8 Å². The van der Waals surface area contributed by atoms with Gasteiger partial charge in [-0.25, -0.2) is 0 Å². The van der Waals surface area contributed by atoms with Crippen LogP contribution in [0.2, 0.25) is 0 Å². The zero-order chi connectivity index (χ0) is 24.1. The number of aliphatic hydroxyl groups is 1. The van der Waals surface area contributed by atoms with Crippen molar-refractivity contribution in [3.63, 3.8) is 0 Å². The topological polar surface area (TPSA) is 87.2 Å². The number of carbonyl (C=O) groups is 3. The number of hydrogen-bond donors (Lipinski definition) is 1. The maximum Gasteiger partial charge on any atom is 0.311 e. The summed E-state index contributed by atoms with van der Waals surface area (Å²) in [6.07, 6.45) is 3.65. The number of hydrogen-bond acceptors (Lipinski definition) is 6. The van der Waals surface area contributed by atoms with E-state index in [0.717, 1.165) is 6.42 Å². The van der Waals surface area contributed by atoms with Crippen molar-refractivity contribution in [2.45, 2.75) is 87.9 Å². The predicted octanol–water partition coefficient (Wildman–Crippen LogP) is 2.61. The van der Waals surface area contributed by atoms with Crippen LogP contribution in [-0.4, -0.2) is 79.6 Å². The molecule has 3 fully saturated rings. The monoisotopic (exact) mass is 466 g/mol. The van der Waals surface area contributed by atoms with Gasteiger partial charge in [0.25, 0.3) is 0 Å². The lowest BCUT2D eigenvalue weighted by molar-refractivity contribution is -0.155. The lowest BCUT2D eigenvalue weighted by Crippen LogP contribution is -2.60. The average molecular weight is 467 g/mol. The van der Waals surface area contributed by atoms with Crippen molar-refractivity contribution in [1.82, 2.24) is 9.80 Å². The van der Waals surface area contributed by atoms with Crippen LogP contribution in [-0.2, 0) is 19.1 Å². The van der Waals surface area contributed by atoms with E-state index in [9.17, 15) is 19.5 Å². The van der Waals surface area contributed by atoms with E-state index >= 15 is 0 Å². The lowest BCUT2D eigenvalue weighted by atomic mass is 9.66. The smallest absolute Gasteiger partial charge is 0.311 e. The molecule has 0 saturated carbocycles. The quantitative estimate of drug-likeness (QED) is 0.437. The number of rotatable bonds is 8. The van der Waals surface area contributed by atoms with E-state index in [2.05, 4.69) is 6.58 Å². The minimum Gasteiger partial charge on any atom is -0.466 e. The first-order valence-electron chi connectivity index (χ1n) is 11.7. The molecule has 8 heteroatoms. The van der Waals surface area contributed by atoms with Crippen LogP contribution in [0.3, 0.4) is 0 Å². The summed E-state index contributed by atoms with van der Waals surface area (Å²) in [5.74, 6) is -1.91. The Morgan fingerprint density at radius 1 is 1.38 bits per heavy atom. The van der Waals surface area contributed by atoms with Gasteiger partial charge in [0.15, 0.2) is 0 Å². The first-order chi connectivity index (χ1) is 14.9. The van der Waals surface area contributed by atoms with E-state index in [1.54, 1.807) is 34.6 Å². The van der Waals surface area contributed by atoms with Crippen molar-refractivity contribution in [2.75, 3.05) is 19.8 Å². The highest BCUT2D eigenvalue weighted by molar-refractivity contribution is 8.02. The normalized spacial score (nSPS) is 34.4. The largest absolute Gasteiger partial charge is 0.466 e. The van der Waals surface area contributed by atoms with Crippen molar-refractivity contribution < 1.29 is 24.2 Å². The molecular formula is C24H38N2O5S. The van der Waals surface area contributed by atoms with E-state index in [-0.39, 0.29) is 31.0 Å². The number of amides is 2. The molecule has 0 aromatic carbocycles. The van der Waals surface area contributed by atoms with Crippen molar-refractivity contribution in [3.8, 4) is 0 Å². The number of ether oxygens (including phenoxy) is 1. The maximum atomic E-state index is 14.2. The van der Waals surface area contributed by atoms with Gasteiger partial charge in [0.2, 0.25) is 11.8 Å². The van der Waals surface area contributed by atoms with Gasteiger partial charge in [-0.15, -0.1) is 18.3 Å². The van der Waals surface area contributed by atoms with E-state index in [1.807, 2.05) is 34.6 Å². The summed E-state index contributed by atoms with van der Waals surface area (Å²) in [5, 5.41) is 10.1. The number of esters is 1. The average Bonchev–Trinajstić information content (AvgIpc) is 3.27. The van der Waals surface area contributed by atoms with Gasteiger partial charge in [-0.1, -0.05) is 13.0 Å². The second-order valence-electron chi connectivity index (χ2n) is 10.4. The molecule has 32 heavy (non-hydrogen) atoms. The van der Waals surface area contributed by atoms with Crippen molar-refractivity contribution in [1.29, 1.82) is 0 Å². The summed E-state index contributed by atoms with van der Waals surface area (Å²) < 4.78 is 4.26. The molecule has 0 aliphatic carbocycles. The number of aliphatic hydroxyl groups excluding tert-OH is 1. The summed E-state index contributed by atoms with van der Waals surface area (Å²) >= 11 is 1.62. The van der Waals surface area contributed by atoms with Crippen LogP contribution < -0.4 is 0 Å². The summed E-state index contributed by atoms with van der Waals surface area (Å²) in [6.45, 7) is 15.8. The molecular weight excluding hydrogens is 428 g/mol. The van der Waals surface area contributed by atoms with Gasteiger partial charge in [0, 0.05) is 16.8 Å². The molecule has 180 valence electrons. The van der Waals surface area contributed by atoms with Crippen molar-refractivity contribution >= 4 is 29.5 Å². The minimum absolute atomic E-state index is 0.138. The van der Waals surface area contributed by atoms with E-state index in [0.29, 0.717) is 19.4 Å². The Morgan fingerprint density at radius 3 is 2.53 bits per heavy atom. The molecule has 1 N–H and O–H groups in total. The van der Waals surface area contributed by atoms with Crippen LogP contribution >= 0.6 is 11.8 Å². The number of likely N-dealkylation sites (tertiary alicyclic amines) is 1. The number of thioether (sulfide) groups is 1. The molecule has 0 radical (unpaired) electrons. The first kappa shape index (κ1) is 25.1. The van der Waals surface area contributed by atoms with E-state index in [1.165, 1.54) is 0 Å². The second-order valence-corrected chi connectivity index (χ2v) is 12.3. The van der Waals surface area contributed by atoms with Gasteiger partial charge in [-0.05, 0) is 53.9 Å². The maximum absolute atomic E-state index is 14.2. The molecule has 3 saturated heterocycles. The van der Waals surface area contributed by atoms with Gasteiger partial charge in [0.1, 0.15) is 6.04 Å². The third-order valence-corrected chi connectivity index (χ3v) is 9.44. The third kappa shape index (κ3) is 3.58. The third-order valence-electron chi connectivity index (χ3n) is 7.45. The SMILES string of the molecule is C=CCN(C(=O)C1N([C@@H](CC)CO)C(=O)[C@@H]2[C@@H](C(=O)OCC)[C@@]3(C)CCC12S3)C(C)(C)C. The number of carbonyl (C=O) groups excluding carboxylic acids is 3. The molecule has 3 aliphatic rings. The fourth-order valence-corrected chi connectivity index (χ4v) is 8.34. The fraction of sp³-hybridized carbons (Fsp3) is 0.792. The zero-order valence-electron chi connectivity index (χ0n) is 20.2. The number of nitrogens with zero attached hydrogens (tertiary/aromatic N) is 2. The van der Waals surface area contributed by atoms with Gasteiger partial charge in [-0.2, -0.15) is 0 Å². The van der Waals surface area contributed by atoms with Crippen molar-refractivity contribution in [3.05, 3.63) is 12.7 Å². The van der Waals surface area contributed by atoms with Gasteiger partial charge in [-0.3, -0.25) is 14.4 Å². The standard InChI is InChI=1S/C24H38N2O5S/c1-8-13-25(22(4,5)6)20(29)18-24-12-11-23(7,32-24)17(21(30)31-10-3)16(24)19(28)26(18)15(9-2)14-27/h8,15-18,27H,1,9-14H2,2-7H3/t15-,16-,17-,18?,23+,24?/m0/s1. The summed E-state index contributed by atoms with van der Waals surface area (Å²) in [4.78, 5) is 44.5. The molecule has 6 atom stereocenters. The summed E-state index contributed by atoms with van der Waals surface area (Å²) in [5.41, 5.74) is -0.471. The Morgan fingerprint density at radius 2 is 2.03 bits per heavy atom. The number of fused-ring (bicyclic) bond motifs is 1. The summed E-state index contributed by atoms with van der Waals surface area (Å²) in [7, 11) is 0. The van der Waals surface area contributed by atoms with Crippen LogP contribution in [0.1, 0.15) is 60.8 Å².